The molecule has 0 spiro atoms. The molecule has 7 heteroatoms. The van der Waals surface area contributed by atoms with E-state index in [1.54, 1.807) is 18.2 Å². The molecule has 29 heavy (non-hydrogen) atoms. The standard InChI is InChI=1S/C22H29N3O3S/c1-16-8-9-21(17(2)14-16)18(3)23-22(26)19-6-5-7-20(15-19)29(27,28)25-12-10-24(4)11-13-25/h5-9,14-15,18H,10-13H2,1-4H3,(H,23,26)/t18-/m1/s1. The Morgan fingerprint density at radius 2 is 1.72 bits per heavy atom. The van der Waals surface area contributed by atoms with Crippen molar-refractivity contribution in [2.24, 2.45) is 0 Å². The summed E-state index contributed by atoms with van der Waals surface area (Å²) >= 11 is 0. The molecule has 156 valence electrons. The number of carbonyl (C=O) groups excluding carboxylic acids is 1. The van der Waals surface area contributed by atoms with E-state index in [-0.39, 0.29) is 16.8 Å². The molecule has 6 nitrogen and oxygen atoms in total. The minimum Gasteiger partial charge on any atom is -0.346 e. The number of piperazine rings is 1. The van der Waals surface area contributed by atoms with Gasteiger partial charge < -0.3 is 10.2 Å². The quantitative estimate of drug-likeness (QED) is 0.815. The van der Waals surface area contributed by atoms with E-state index in [2.05, 4.69) is 16.3 Å². The van der Waals surface area contributed by atoms with E-state index < -0.39 is 10.0 Å². The second-order valence-electron chi connectivity index (χ2n) is 7.79. The SMILES string of the molecule is Cc1ccc([C@@H](C)NC(=O)c2cccc(S(=O)(=O)N3CCN(C)CC3)c2)c(C)c1. The Kier molecular flexibility index (Phi) is 6.41. The summed E-state index contributed by atoms with van der Waals surface area (Å²) in [5, 5.41) is 2.98. The maximum Gasteiger partial charge on any atom is 0.251 e. The van der Waals surface area contributed by atoms with Crippen LogP contribution in [0.4, 0.5) is 0 Å². The number of benzene rings is 2. The summed E-state index contributed by atoms with van der Waals surface area (Å²) in [4.78, 5) is 15.0. The lowest BCUT2D eigenvalue weighted by Gasteiger charge is -2.31. The molecule has 1 saturated heterocycles. The van der Waals surface area contributed by atoms with Crippen molar-refractivity contribution in [1.29, 1.82) is 0 Å². The van der Waals surface area contributed by atoms with E-state index >= 15 is 0 Å². The molecular formula is C22H29N3O3S. The van der Waals surface area contributed by atoms with Crippen LogP contribution in [0.3, 0.4) is 0 Å². The van der Waals surface area contributed by atoms with Crippen LogP contribution in [0.2, 0.25) is 0 Å². The second kappa shape index (κ2) is 8.65. The van der Waals surface area contributed by atoms with E-state index in [4.69, 9.17) is 0 Å². The van der Waals surface area contributed by atoms with Crippen molar-refractivity contribution in [2.45, 2.75) is 31.7 Å². The average molecular weight is 416 g/mol. The van der Waals surface area contributed by atoms with Crippen molar-refractivity contribution < 1.29 is 13.2 Å². The van der Waals surface area contributed by atoms with Crippen molar-refractivity contribution in [3.05, 3.63) is 64.7 Å². The van der Waals surface area contributed by atoms with Crippen molar-refractivity contribution in [2.75, 3.05) is 33.2 Å². The molecule has 1 N–H and O–H groups in total. The number of hydrogen-bond donors (Lipinski definition) is 1. The molecule has 0 bridgehead atoms. The van der Waals surface area contributed by atoms with Crippen LogP contribution in [-0.4, -0.2) is 56.8 Å². The third kappa shape index (κ3) is 4.86. The van der Waals surface area contributed by atoms with Gasteiger partial charge in [-0.2, -0.15) is 4.31 Å². The lowest BCUT2D eigenvalue weighted by molar-refractivity contribution is 0.0939. The van der Waals surface area contributed by atoms with Crippen LogP contribution in [0.1, 0.15) is 40.0 Å². The highest BCUT2D eigenvalue weighted by Crippen LogP contribution is 2.21. The second-order valence-corrected chi connectivity index (χ2v) is 9.73. The molecule has 1 fully saturated rings. The van der Waals surface area contributed by atoms with Crippen molar-refractivity contribution in [3.63, 3.8) is 0 Å². The number of hydrogen-bond acceptors (Lipinski definition) is 4. The number of nitrogens with zero attached hydrogens (tertiary/aromatic N) is 2. The number of amides is 1. The van der Waals surface area contributed by atoms with Crippen LogP contribution >= 0.6 is 0 Å². The third-order valence-corrected chi connectivity index (χ3v) is 7.33. The van der Waals surface area contributed by atoms with Gasteiger partial charge in [0.05, 0.1) is 10.9 Å². The first kappa shape index (κ1) is 21.5. The van der Waals surface area contributed by atoms with Crippen LogP contribution in [0, 0.1) is 13.8 Å². The fourth-order valence-electron chi connectivity index (χ4n) is 3.64. The predicted octanol–water partition coefficient (Wildman–Crippen LogP) is 2.73. The maximum atomic E-state index is 13.0. The molecule has 0 radical (unpaired) electrons. The number of carbonyl (C=O) groups is 1. The minimum atomic E-state index is -3.61. The molecule has 2 aromatic carbocycles. The molecule has 1 aliphatic heterocycles. The Balaban J connectivity index is 1.77. The topological polar surface area (TPSA) is 69.7 Å². The molecule has 3 rings (SSSR count). The summed E-state index contributed by atoms with van der Waals surface area (Å²) in [6, 6.07) is 12.2. The van der Waals surface area contributed by atoms with Gasteiger partial charge in [-0.15, -0.1) is 0 Å². The zero-order valence-corrected chi connectivity index (χ0v) is 18.3. The number of nitrogens with one attached hydrogen (secondary N) is 1. The summed E-state index contributed by atoms with van der Waals surface area (Å²) in [5.41, 5.74) is 3.68. The number of likely N-dealkylation sites (N-methyl/N-ethyl adjacent to an activating group) is 1. The van der Waals surface area contributed by atoms with E-state index in [0.717, 1.165) is 11.1 Å². The number of rotatable bonds is 5. The Morgan fingerprint density at radius 3 is 2.38 bits per heavy atom. The highest BCUT2D eigenvalue weighted by Gasteiger charge is 2.28. The first-order valence-corrected chi connectivity index (χ1v) is 11.3. The van der Waals surface area contributed by atoms with Crippen LogP contribution in [-0.2, 0) is 10.0 Å². The van der Waals surface area contributed by atoms with Gasteiger partial charge in [0.2, 0.25) is 10.0 Å². The smallest absolute Gasteiger partial charge is 0.251 e. The molecule has 0 unspecified atom stereocenters. The van der Waals surface area contributed by atoms with Crippen LogP contribution < -0.4 is 5.32 Å². The lowest BCUT2D eigenvalue weighted by Crippen LogP contribution is -2.47. The fraction of sp³-hybridized carbons (Fsp3) is 0.409. The van der Waals surface area contributed by atoms with Gasteiger partial charge in [-0.05, 0) is 57.1 Å². The van der Waals surface area contributed by atoms with E-state index in [1.807, 2.05) is 40.0 Å². The summed E-state index contributed by atoms with van der Waals surface area (Å²) in [6.07, 6.45) is 0. The summed E-state index contributed by atoms with van der Waals surface area (Å²) < 4.78 is 27.4. The highest BCUT2D eigenvalue weighted by atomic mass is 32.2. The molecule has 0 aliphatic carbocycles. The molecule has 2 aromatic rings. The van der Waals surface area contributed by atoms with Crippen molar-refractivity contribution in [1.82, 2.24) is 14.5 Å². The number of aryl methyl sites for hydroxylation is 2. The highest BCUT2D eigenvalue weighted by molar-refractivity contribution is 7.89. The Labute approximate surface area is 173 Å². The Morgan fingerprint density at radius 1 is 1.03 bits per heavy atom. The van der Waals surface area contributed by atoms with E-state index in [0.29, 0.717) is 31.7 Å². The van der Waals surface area contributed by atoms with Gasteiger partial charge in [-0.3, -0.25) is 4.79 Å². The van der Waals surface area contributed by atoms with Gasteiger partial charge in [0.1, 0.15) is 0 Å². The molecule has 0 saturated carbocycles. The average Bonchev–Trinajstić information content (AvgIpc) is 2.68. The normalized spacial score (nSPS) is 17.1. The largest absolute Gasteiger partial charge is 0.346 e. The van der Waals surface area contributed by atoms with Crippen molar-refractivity contribution in [3.8, 4) is 0 Å². The van der Waals surface area contributed by atoms with Gasteiger partial charge in [0.25, 0.3) is 5.91 Å². The van der Waals surface area contributed by atoms with E-state index in [1.165, 1.54) is 15.9 Å². The van der Waals surface area contributed by atoms with Gasteiger partial charge in [0, 0.05) is 31.7 Å². The van der Waals surface area contributed by atoms with Crippen molar-refractivity contribution >= 4 is 15.9 Å². The van der Waals surface area contributed by atoms with Crippen LogP contribution in [0.15, 0.2) is 47.4 Å². The minimum absolute atomic E-state index is 0.161. The first-order valence-electron chi connectivity index (χ1n) is 9.85. The first-order chi connectivity index (χ1) is 13.7. The Hall–Kier alpha value is -2.22. The molecule has 1 atom stereocenters. The summed E-state index contributed by atoms with van der Waals surface area (Å²) in [6.45, 7) is 8.30. The zero-order chi connectivity index (χ0) is 21.2. The number of sulfonamides is 1. The van der Waals surface area contributed by atoms with E-state index in [9.17, 15) is 13.2 Å². The van der Waals surface area contributed by atoms with Crippen LogP contribution in [0.5, 0.6) is 0 Å². The van der Waals surface area contributed by atoms with Gasteiger partial charge in [0.15, 0.2) is 0 Å². The summed E-state index contributed by atoms with van der Waals surface area (Å²) in [7, 11) is -1.63. The lowest BCUT2D eigenvalue weighted by atomic mass is 10.00. The predicted molar refractivity (Wildman–Crippen MR) is 114 cm³/mol. The molecule has 1 heterocycles. The third-order valence-electron chi connectivity index (χ3n) is 5.44. The van der Waals surface area contributed by atoms with Gasteiger partial charge in [-0.1, -0.05) is 29.8 Å². The molecule has 1 aliphatic rings. The van der Waals surface area contributed by atoms with Gasteiger partial charge >= 0.3 is 0 Å². The maximum absolute atomic E-state index is 13.0. The Bertz CT molecular complexity index is 996. The zero-order valence-electron chi connectivity index (χ0n) is 17.5. The van der Waals surface area contributed by atoms with Gasteiger partial charge in [-0.25, -0.2) is 8.42 Å². The monoisotopic (exact) mass is 415 g/mol. The fourth-order valence-corrected chi connectivity index (χ4v) is 5.11. The molecule has 0 aromatic heterocycles. The molecule has 1 amide bonds. The van der Waals surface area contributed by atoms with Crippen LogP contribution in [0.25, 0.3) is 0 Å². The molecular weight excluding hydrogens is 386 g/mol. The summed E-state index contributed by atoms with van der Waals surface area (Å²) in [5.74, 6) is -0.284.